The fourth-order valence-corrected chi connectivity index (χ4v) is 11.8. The zero-order valence-corrected chi connectivity index (χ0v) is 37.9. The summed E-state index contributed by atoms with van der Waals surface area (Å²) in [7, 11) is 0. The maximum absolute atomic E-state index is 2.46. The first-order chi connectivity index (χ1) is 33.6. The Labute approximate surface area is 398 Å². The highest BCUT2D eigenvalue weighted by Crippen LogP contribution is 2.57. The molecule has 0 fully saturated rings. The molecule has 13 rings (SSSR count). The highest BCUT2D eigenvalue weighted by molar-refractivity contribution is 5.95. The van der Waals surface area contributed by atoms with Gasteiger partial charge < -0.3 is 4.90 Å². The van der Waals surface area contributed by atoms with Gasteiger partial charge in [0.1, 0.15) is 0 Å². The molecule has 2 aliphatic rings. The van der Waals surface area contributed by atoms with Crippen LogP contribution < -0.4 is 4.90 Å². The Kier molecular flexibility index (Phi) is 9.27. The van der Waals surface area contributed by atoms with E-state index in [-0.39, 0.29) is 5.41 Å². The lowest BCUT2D eigenvalue weighted by Crippen LogP contribution is -2.28. The van der Waals surface area contributed by atoms with E-state index in [1.54, 1.807) is 0 Å². The number of benzene rings is 11. The predicted molar refractivity (Wildman–Crippen MR) is 284 cm³/mol. The summed E-state index contributed by atoms with van der Waals surface area (Å²) >= 11 is 0. The minimum Gasteiger partial charge on any atom is -0.310 e. The first-order valence-corrected chi connectivity index (χ1v) is 23.7. The van der Waals surface area contributed by atoms with E-state index in [0.717, 1.165) is 17.1 Å². The van der Waals surface area contributed by atoms with Crippen molar-refractivity contribution < 1.29 is 0 Å². The van der Waals surface area contributed by atoms with Crippen molar-refractivity contribution in [1.82, 2.24) is 0 Å². The van der Waals surface area contributed by atoms with Crippen LogP contribution in [0.3, 0.4) is 0 Å². The quantitative estimate of drug-likeness (QED) is 0.147. The van der Waals surface area contributed by atoms with Gasteiger partial charge in [0.2, 0.25) is 0 Å². The van der Waals surface area contributed by atoms with E-state index in [1.807, 2.05) is 0 Å². The molecule has 0 saturated heterocycles. The third-order valence-electron chi connectivity index (χ3n) is 15.0. The van der Waals surface area contributed by atoms with Crippen molar-refractivity contribution in [2.75, 3.05) is 4.90 Å². The molecule has 0 N–H and O–H groups in total. The topological polar surface area (TPSA) is 3.24 Å². The average Bonchev–Trinajstić information content (AvgIpc) is 3.86. The summed E-state index contributed by atoms with van der Waals surface area (Å²) in [6.07, 6.45) is 0. The smallest absolute Gasteiger partial charge is 0.0713 e. The second-order valence-electron chi connectivity index (χ2n) is 18.5. The third-order valence-corrected chi connectivity index (χ3v) is 15.0. The molecule has 1 heteroatoms. The van der Waals surface area contributed by atoms with E-state index in [4.69, 9.17) is 0 Å². The minimum absolute atomic E-state index is 0.297. The zero-order valence-electron chi connectivity index (χ0n) is 37.9. The molecule has 11 aromatic carbocycles. The normalized spacial score (nSPS) is 15.0. The second kappa shape index (κ2) is 15.8. The van der Waals surface area contributed by atoms with Gasteiger partial charge in [-0.1, -0.05) is 224 Å². The number of hydrogen-bond donors (Lipinski definition) is 0. The molecule has 2 aliphatic carbocycles. The Hall–Kier alpha value is -8.52. The Morgan fingerprint density at radius 1 is 0.279 bits per heavy atom. The summed E-state index contributed by atoms with van der Waals surface area (Å²) in [6.45, 7) is 2.40. The minimum atomic E-state index is -0.458. The van der Waals surface area contributed by atoms with Crippen molar-refractivity contribution in [3.63, 3.8) is 0 Å². The SMILES string of the molecule is CC1(c2ccccc2)c2ccccc2-c2ccc(-c3ccccc3N(c3ccc(-c4ccc5c(c4)C(c4ccccc4)(c4ccccc4)c4ccccc4-5)cc3)c3ccc4ccccc4c3)cc21. The summed E-state index contributed by atoms with van der Waals surface area (Å²) in [5, 5.41) is 2.43. The van der Waals surface area contributed by atoms with Crippen LogP contribution in [0.25, 0.3) is 55.3 Å². The zero-order chi connectivity index (χ0) is 45.2. The molecule has 1 nitrogen and oxygen atoms in total. The summed E-state index contributed by atoms with van der Waals surface area (Å²) in [5.41, 5.74) is 21.6. The molecule has 0 bridgehead atoms. The van der Waals surface area contributed by atoms with Crippen LogP contribution in [-0.4, -0.2) is 0 Å². The Bertz CT molecular complexity index is 3640. The molecule has 68 heavy (non-hydrogen) atoms. The highest BCUT2D eigenvalue weighted by Gasteiger charge is 2.46. The van der Waals surface area contributed by atoms with E-state index in [9.17, 15) is 0 Å². The van der Waals surface area contributed by atoms with Gasteiger partial charge in [-0.15, -0.1) is 0 Å². The van der Waals surface area contributed by atoms with Crippen LogP contribution >= 0.6 is 0 Å². The largest absolute Gasteiger partial charge is 0.310 e. The molecule has 0 aromatic heterocycles. The van der Waals surface area contributed by atoms with E-state index >= 15 is 0 Å². The number of hydrogen-bond acceptors (Lipinski definition) is 1. The van der Waals surface area contributed by atoms with Gasteiger partial charge in [0, 0.05) is 22.4 Å². The van der Waals surface area contributed by atoms with E-state index in [1.165, 1.54) is 94.2 Å². The van der Waals surface area contributed by atoms with Crippen LogP contribution in [-0.2, 0) is 10.8 Å². The fourth-order valence-electron chi connectivity index (χ4n) is 11.8. The van der Waals surface area contributed by atoms with Crippen LogP contribution in [0.4, 0.5) is 17.1 Å². The predicted octanol–water partition coefficient (Wildman–Crippen LogP) is 17.3. The molecular formula is C67H47N. The molecule has 0 amide bonds. The number of para-hydroxylation sites is 1. The van der Waals surface area contributed by atoms with Gasteiger partial charge in [0.15, 0.2) is 0 Å². The van der Waals surface area contributed by atoms with Gasteiger partial charge >= 0.3 is 0 Å². The molecular weight excluding hydrogens is 819 g/mol. The van der Waals surface area contributed by atoms with Crippen LogP contribution in [0.5, 0.6) is 0 Å². The lowest BCUT2D eigenvalue weighted by molar-refractivity contribution is 0.714. The number of rotatable bonds is 8. The summed E-state index contributed by atoms with van der Waals surface area (Å²) in [6, 6.07) is 98.9. The Morgan fingerprint density at radius 2 is 0.750 bits per heavy atom. The van der Waals surface area contributed by atoms with Crippen LogP contribution in [0.1, 0.15) is 45.9 Å². The molecule has 1 atom stereocenters. The van der Waals surface area contributed by atoms with Crippen LogP contribution in [0.15, 0.2) is 267 Å². The molecule has 0 saturated carbocycles. The lowest BCUT2D eigenvalue weighted by atomic mass is 9.67. The van der Waals surface area contributed by atoms with Crippen molar-refractivity contribution in [2.45, 2.75) is 17.8 Å². The third kappa shape index (κ3) is 6.02. The molecule has 0 heterocycles. The summed E-state index contributed by atoms with van der Waals surface area (Å²) < 4.78 is 0. The second-order valence-corrected chi connectivity index (χ2v) is 18.5. The first kappa shape index (κ1) is 39.8. The number of nitrogens with zero attached hydrogens (tertiary/aromatic N) is 1. The Balaban J connectivity index is 0.954. The van der Waals surface area contributed by atoms with Crippen molar-refractivity contribution in [2.24, 2.45) is 0 Å². The summed E-state index contributed by atoms with van der Waals surface area (Å²) in [5.74, 6) is 0. The van der Waals surface area contributed by atoms with Crippen molar-refractivity contribution in [3.05, 3.63) is 306 Å². The molecule has 320 valence electrons. The fraction of sp³-hybridized carbons (Fsp3) is 0.0448. The van der Waals surface area contributed by atoms with Crippen LogP contribution in [0, 0.1) is 0 Å². The van der Waals surface area contributed by atoms with Crippen molar-refractivity contribution >= 4 is 27.8 Å². The molecule has 0 aliphatic heterocycles. The molecule has 11 aromatic rings. The Morgan fingerprint density at radius 3 is 1.44 bits per heavy atom. The molecule has 0 radical (unpaired) electrons. The van der Waals surface area contributed by atoms with Gasteiger partial charge in [-0.3, -0.25) is 0 Å². The van der Waals surface area contributed by atoms with Gasteiger partial charge in [0.25, 0.3) is 0 Å². The van der Waals surface area contributed by atoms with Crippen molar-refractivity contribution in [1.29, 1.82) is 0 Å². The number of fused-ring (bicyclic) bond motifs is 7. The van der Waals surface area contributed by atoms with E-state index in [0.29, 0.717) is 0 Å². The maximum Gasteiger partial charge on any atom is 0.0713 e. The average molecular weight is 866 g/mol. The van der Waals surface area contributed by atoms with Gasteiger partial charge in [-0.2, -0.15) is 0 Å². The number of anilines is 3. The lowest BCUT2D eigenvalue weighted by Gasteiger charge is -2.34. The van der Waals surface area contributed by atoms with E-state index < -0.39 is 5.41 Å². The monoisotopic (exact) mass is 865 g/mol. The maximum atomic E-state index is 2.46. The van der Waals surface area contributed by atoms with Crippen LogP contribution in [0.2, 0.25) is 0 Å². The first-order valence-electron chi connectivity index (χ1n) is 23.7. The summed E-state index contributed by atoms with van der Waals surface area (Å²) in [4.78, 5) is 2.44. The van der Waals surface area contributed by atoms with Gasteiger partial charge in [0.05, 0.1) is 11.1 Å². The molecule has 0 spiro atoms. The van der Waals surface area contributed by atoms with Crippen molar-refractivity contribution in [3.8, 4) is 44.5 Å². The standard InChI is InChI=1S/C67H47N/c1-66(51-21-5-2-6-22-51)61-30-16-13-28-57(61)59-42-37-50(45-63(59)66)56-27-15-18-32-65(56)68(55-40-35-46-19-11-12-20-48(46)43-55)54-38-33-47(34-39-54)49-36-41-60-58-29-14-17-31-62(58)67(64(60)44-49,52-23-7-3-8-24-52)53-25-9-4-10-26-53/h2-45H,1H3. The molecule has 1 unspecified atom stereocenters. The van der Waals surface area contributed by atoms with Gasteiger partial charge in [-0.05, 0) is 138 Å². The van der Waals surface area contributed by atoms with E-state index in [2.05, 4.69) is 279 Å². The highest BCUT2D eigenvalue weighted by atomic mass is 15.1. The van der Waals surface area contributed by atoms with Gasteiger partial charge in [-0.25, -0.2) is 0 Å².